The standard InChI is InChI=1S/C58H42O4S2/c59-51-39-19-31-11-3-4-12-32(31)20-40(39)52(60)45(51)27-37-29-49-55(63-37)43-23-36-26-48-44(24-35(36)25-47(43)57(49)15-7-1-8-16-57)56-50(58(48)17-9-2-10-18-58)30-38(64-56)28-46-53(61)41-21-33-13-5-6-14-34(33)22-42(41)54(46)62/h3-6,11-14,19-30,35-36H,1-2,7-10,15-18H2. The Kier molecular flexibility index (Phi) is 7.72. The summed E-state index contributed by atoms with van der Waals surface area (Å²) in [5, 5.41) is 3.89. The van der Waals surface area contributed by atoms with Gasteiger partial charge in [0.1, 0.15) is 0 Å². The van der Waals surface area contributed by atoms with Gasteiger partial charge in [-0.05, 0) is 129 Å². The van der Waals surface area contributed by atoms with Gasteiger partial charge in [-0.1, -0.05) is 111 Å². The highest BCUT2D eigenvalue weighted by Crippen LogP contribution is 2.65. The molecule has 8 aliphatic carbocycles. The van der Waals surface area contributed by atoms with Crippen molar-refractivity contribution in [3.8, 4) is 0 Å². The minimum atomic E-state index is -0.172. The molecule has 14 rings (SSSR count). The number of ketones is 4. The smallest absolute Gasteiger partial charge is 0.197 e. The Morgan fingerprint density at radius 1 is 0.438 bits per heavy atom. The van der Waals surface area contributed by atoms with Crippen LogP contribution in [-0.2, 0) is 10.8 Å². The van der Waals surface area contributed by atoms with Crippen LogP contribution >= 0.6 is 22.7 Å². The van der Waals surface area contributed by atoms with E-state index in [0.717, 1.165) is 57.0 Å². The number of fused-ring (bicyclic) bond motifs is 15. The Labute approximate surface area is 379 Å². The van der Waals surface area contributed by atoms with Crippen molar-refractivity contribution in [1.82, 2.24) is 0 Å². The second kappa shape index (κ2) is 13.2. The van der Waals surface area contributed by atoms with Gasteiger partial charge in [-0.3, -0.25) is 19.2 Å². The summed E-state index contributed by atoms with van der Waals surface area (Å²) in [4.78, 5) is 60.0. The Morgan fingerprint density at radius 3 is 1.12 bits per heavy atom. The number of hydrogen-bond acceptors (Lipinski definition) is 6. The molecule has 6 heteroatoms. The number of carbonyl (C=O) groups is 4. The van der Waals surface area contributed by atoms with Crippen LogP contribution in [0, 0.1) is 11.8 Å². The van der Waals surface area contributed by atoms with E-state index in [4.69, 9.17) is 0 Å². The van der Waals surface area contributed by atoms with E-state index in [1.54, 1.807) is 22.7 Å². The Balaban J connectivity index is 0.841. The lowest BCUT2D eigenvalue weighted by atomic mass is 9.63. The van der Waals surface area contributed by atoms with E-state index in [9.17, 15) is 19.2 Å². The van der Waals surface area contributed by atoms with Crippen LogP contribution in [0.1, 0.15) is 136 Å². The van der Waals surface area contributed by atoms with Gasteiger partial charge in [0, 0.05) is 64.4 Å². The molecule has 0 aliphatic heterocycles. The fourth-order valence-corrected chi connectivity index (χ4v) is 15.7. The van der Waals surface area contributed by atoms with Gasteiger partial charge >= 0.3 is 0 Å². The van der Waals surface area contributed by atoms with Crippen molar-refractivity contribution < 1.29 is 19.2 Å². The average Bonchev–Trinajstić information content (AvgIpc) is 4.14. The molecule has 0 bridgehead atoms. The molecule has 0 amide bonds. The van der Waals surface area contributed by atoms with Crippen LogP contribution in [-0.4, -0.2) is 23.1 Å². The number of allylic oxidation sites excluding steroid dienone is 10. The summed E-state index contributed by atoms with van der Waals surface area (Å²) >= 11 is 3.51. The number of benzene rings is 4. The summed E-state index contributed by atoms with van der Waals surface area (Å²) < 4.78 is 0. The summed E-state index contributed by atoms with van der Waals surface area (Å²) in [6.07, 6.45) is 25.8. The van der Waals surface area contributed by atoms with Crippen molar-refractivity contribution in [3.05, 3.63) is 184 Å². The SMILES string of the molecule is O=C1C(=Cc2cc3c(s2)C2=CC4C=C5C(=CC4C=C2C32CCCCC2)c2sc(C=C3C(=O)c4cc6ccccc6cc4C3=O)cc2C52CCCCC2)C(=O)c2cc3ccccc3cc21. The van der Waals surface area contributed by atoms with Crippen LogP contribution in [0.5, 0.6) is 0 Å². The van der Waals surface area contributed by atoms with Gasteiger partial charge in [-0.2, -0.15) is 0 Å². The van der Waals surface area contributed by atoms with Crippen molar-refractivity contribution in [2.75, 3.05) is 0 Å². The minimum Gasteiger partial charge on any atom is -0.288 e. The zero-order valence-corrected chi connectivity index (χ0v) is 36.9. The first-order chi connectivity index (χ1) is 31.3. The third kappa shape index (κ3) is 4.99. The maximum atomic E-state index is 13.8. The first-order valence-corrected chi connectivity index (χ1v) is 24.8. The monoisotopic (exact) mass is 866 g/mol. The van der Waals surface area contributed by atoms with Crippen LogP contribution in [0.25, 0.3) is 44.8 Å². The molecule has 2 aromatic heterocycles. The molecule has 8 aliphatic rings. The molecule has 0 radical (unpaired) electrons. The molecule has 310 valence electrons. The highest BCUT2D eigenvalue weighted by molar-refractivity contribution is 7.15. The van der Waals surface area contributed by atoms with E-state index in [1.165, 1.54) is 81.7 Å². The van der Waals surface area contributed by atoms with Crippen molar-refractivity contribution in [2.45, 2.75) is 75.0 Å². The van der Waals surface area contributed by atoms with E-state index >= 15 is 0 Å². The van der Waals surface area contributed by atoms with Crippen molar-refractivity contribution in [1.29, 1.82) is 0 Å². The zero-order chi connectivity index (χ0) is 42.6. The van der Waals surface area contributed by atoms with Crippen LogP contribution < -0.4 is 0 Å². The summed E-state index contributed by atoms with van der Waals surface area (Å²) in [5.41, 5.74) is 10.9. The molecule has 2 spiro atoms. The Bertz CT molecular complexity index is 3090. The van der Waals surface area contributed by atoms with E-state index in [-0.39, 0.29) is 56.9 Å². The lowest BCUT2D eigenvalue weighted by Gasteiger charge is -2.40. The van der Waals surface area contributed by atoms with Gasteiger partial charge < -0.3 is 0 Å². The minimum absolute atomic E-state index is 0.0674. The van der Waals surface area contributed by atoms with Crippen molar-refractivity contribution in [3.63, 3.8) is 0 Å². The van der Waals surface area contributed by atoms with Gasteiger partial charge in [-0.15, -0.1) is 22.7 Å². The molecule has 4 aromatic carbocycles. The molecule has 64 heavy (non-hydrogen) atoms. The maximum absolute atomic E-state index is 13.8. The largest absolute Gasteiger partial charge is 0.288 e. The third-order valence-corrected chi connectivity index (χ3v) is 18.5. The first-order valence-electron chi connectivity index (χ1n) is 23.1. The highest BCUT2D eigenvalue weighted by Gasteiger charge is 2.52. The summed E-state index contributed by atoms with van der Waals surface area (Å²) in [6.45, 7) is 0. The average molecular weight is 867 g/mol. The molecule has 2 unspecified atom stereocenters. The molecule has 2 saturated carbocycles. The third-order valence-electron chi connectivity index (χ3n) is 16.2. The molecule has 2 heterocycles. The molecular weight excluding hydrogens is 825 g/mol. The van der Waals surface area contributed by atoms with E-state index in [1.807, 2.05) is 84.9 Å². The molecule has 2 fully saturated rings. The van der Waals surface area contributed by atoms with E-state index in [2.05, 4.69) is 36.4 Å². The Hall–Kier alpha value is -6.08. The topological polar surface area (TPSA) is 68.3 Å². The van der Waals surface area contributed by atoms with Gasteiger partial charge in [0.2, 0.25) is 0 Å². The van der Waals surface area contributed by atoms with E-state index in [0.29, 0.717) is 22.3 Å². The predicted molar refractivity (Wildman–Crippen MR) is 258 cm³/mol. The molecule has 2 atom stereocenters. The normalized spacial score (nSPS) is 23.1. The fourth-order valence-electron chi connectivity index (χ4n) is 13.2. The zero-order valence-electron chi connectivity index (χ0n) is 35.2. The molecular formula is C58H42O4S2. The number of thiophene rings is 2. The van der Waals surface area contributed by atoms with Crippen LogP contribution in [0.15, 0.2) is 132 Å². The van der Waals surface area contributed by atoms with Gasteiger partial charge in [0.15, 0.2) is 23.1 Å². The quantitative estimate of drug-likeness (QED) is 0.128. The second-order valence-corrected chi connectivity index (χ2v) is 21.6. The van der Waals surface area contributed by atoms with Crippen LogP contribution in [0.2, 0.25) is 0 Å². The second-order valence-electron chi connectivity index (χ2n) is 19.5. The lowest BCUT2D eigenvalue weighted by Crippen LogP contribution is -2.31. The number of hydrogen-bond donors (Lipinski definition) is 0. The molecule has 4 nitrogen and oxygen atoms in total. The van der Waals surface area contributed by atoms with Gasteiger partial charge in [0.25, 0.3) is 0 Å². The number of rotatable bonds is 2. The number of Topliss-reactive ketones (excluding diaryl/α,β-unsaturated/α-hetero) is 4. The summed E-state index contributed by atoms with van der Waals surface area (Å²) in [7, 11) is 0. The van der Waals surface area contributed by atoms with Crippen molar-refractivity contribution >= 4 is 90.6 Å². The van der Waals surface area contributed by atoms with Crippen LogP contribution in [0.3, 0.4) is 0 Å². The fraction of sp³-hybridized carbons (Fsp3) is 0.241. The van der Waals surface area contributed by atoms with Gasteiger partial charge in [-0.25, -0.2) is 0 Å². The molecule has 6 aromatic rings. The molecule has 0 N–H and O–H groups in total. The van der Waals surface area contributed by atoms with Gasteiger partial charge in [0.05, 0.1) is 11.1 Å². The Morgan fingerprint density at radius 2 is 0.781 bits per heavy atom. The summed E-state index contributed by atoms with van der Waals surface area (Å²) in [5.74, 6) is -0.233. The predicted octanol–water partition coefficient (Wildman–Crippen LogP) is 14.1. The first kappa shape index (κ1) is 37.3. The van der Waals surface area contributed by atoms with E-state index < -0.39 is 0 Å². The van der Waals surface area contributed by atoms with Crippen molar-refractivity contribution in [2.24, 2.45) is 11.8 Å². The lowest BCUT2D eigenvalue weighted by molar-refractivity contribution is 0.0975. The summed E-state index contributed by atoms with van der Waals surface area (Å²) in [6, 6.07) is 28.0. The maximum Gasteiger partial charge on any atom is 0.197 e. The van der Waals surface area contributed by atoms with Crippen LogP contribution in [0.4, 0.5) is 0 Å². The molecule has 0 saturated heterocycles. The highest BCUT2D eigenvalue weighted by atomic mass is 32.1. The number of carbonyl (C=O) groups excluding carboxylic acids is 4.